The van der Waals surface area contributed by atoms with E-state index in [1.807, 2.05) is 54.0 Å². The van der Waals surface area contributed by atoms with Gasteiger partial charge in [-0.05, 0) is 44.0 Å². The maximum atomic E-state index is 13.0. The van der Waals surface area contributed by atoms with Gasteiger partial charge in [0.2, 0.25) is 5.91 Å². The Morgan fingerprint density at radius 1 is 1.04 bits per heavy atom. The number of para-hydroxylation sites is 2. The SMILES string of the molecule is Cc1ccccc1-n1c(C)nnc1SC1CCN(c2ccccc2Cl)C1=O. The van der Waals surface area contributed by atoms with Crippen molar-refractivity contribution in [3.8, 4) is 5.69 Å². The molecule has 0 aliphatic carbocycles. The van der Waals surface area contributed by atoms with E-state index in [1.54, 1.807) is 4.90 Å². The van der Waals surface area contributed by atoms with Crippen molar-refractivity contribution < 1.29 is 4.79 Å². The van der Waals surface area contributed by atoms with Gasteiger partial charge in [-0.2, -0.15) is 0 Å². The van der Waals surface area contributed by atoms with Gasteiger partial charge in [-0.25, -0.2) is 0 Å². The molecular formula is C20H19ClN4OS. The highest BCUT2D eigenvalue weighted by Crippen LogP contribution is 2.36. The van der Waals surface area contributed by atoms with Gasteiger partial charge in [0.05, 0.1) is 21.6 Å². The second kappa shape index (κ2) is 7.37. The number of hydrogen-bond donors (Lipinski definition) is 0. The van der Waals surface area contributed by atoms with Crippen molar-refractivity contribution >= 4 is 35.0 Å². The average Bonchev–Trinajstić information content (AvgIpc) is 3.20. The molecule has 138 valence electrons. The van der Waals surface area contributed by atoms with Crippen LogP contribution in [-0.4, -0.2) is 32.5 Å². The maximum absolute atomic E-state index is 13.0. The minimum absolute atomic E-state index is 0.0603. The third-order valence-corrected chi connectivity index (χ3v) is 6.22. The van der Waals surface area contributed by atoms with Crippen LogP contribution in [-0.2, 0) is 4.79 Å². The number of aryl methyl sites for hydroxylation is 2. The number of carbonyl (C=O) groups is 1. The molecule has 0 bridgehead atoms. The second-order valence-corrected chi connectivity index (χ2v) is 8.07. The zero-order valence-electron chi connectivity index (χ0n) is 15.1. The molecule has 3 aromatic rings. The van der Waals surface area contributed by atoms with Crippen LogP contribution in [0.3, 0.4) is 0 Å². The van der Waals surface area contributed by atoms with Gasteiger partial charge in [0.1, 0.15) is 5.82 Å². The van der Waals surface area contributed by atoms with Gasteiger partial charge in [0.25, 0.3) is 0 Å². The molecule has 4 rings (SSSR count). The van der Waals surface area contributed by atoms with E-state index in [0.717, 1.165) is 34.3 Å². The van der Waals surface area contributed by atoms with E-state index < -0.39 is 0 Å². The fourth-order valence-electron chi connectivity index (χ4n) is 3.31. The average molecular weight is 399 g/mol. The molecule has 1 aliphatic rings. The molecule has 1 unspecified atom stereocenters. The predicted octanol–water partition coefficient (Wildman–Crippen LogP) is 4.44. The molecule has 27 heavy (non-hydrogen) atoms. The molecule has 0 spiro atoms. The third kappa shape index (κ3) is 3.35. The van der Waals surface area contributed by atoms with E-state index in [2.05, 4.69) is 23.2 Å². The van der Waals surface area contributed by atoms with E-state index in [9.17, 15) is 4.79 Å². The lowest BCUT2D eigenvalue weighted by Gasteiger charge is -2.18. The number of amides is 1. The summed E-state index contributed by atoms with van der Waals surface area (Å²) in [6.45, 7) is 4.64. The number of nitrogens with zero attached hydrogens (tertiary/aromatic N) is 4. The molecule has 5 nitrogen and oxygen atoms in total. The van der Waals surface area contributed by atoms with E-state index in [1.165, 1.54) is 11.8 Å². The number of carbonyl (C=O) groups excluding carboxylic acids is 1. The minimum Gasteiger partial charge on any atom is -0.310 e. The molecule has 1 saturated heterocycles. The summed E-state index contributed by atoms with van der Waals surface area (Å²) in [5.41, 5.74) is 2.94. The number of hydrogen-bond acceptors (Lipinski definition) is 4. The molecule has 2 aromatic carbocycles. The minimum atomic E-state index is -0.201. The summed E-state index contributed by atoms with van der Waals surface area (Å²) in [6, 6.07) is 15.6. The van der Waals surface area contributed by atoms with Crippen molar-refractivity contribution in [3.05, 3.63) is 64.9 Å². The van der Waals surface area contributed by atoms with Crippen LogP contribution in [0.2, 0.25) is 5.02 Å². The Bertz CT molecular complexity index is 1000. The molecule has 0 radical (unpaired) electrons. The van der Waals surface area contributed by atoms with Gasteiger partial charge in [-0.15, -0.1) is 10.2 Å². The standard InChI is InChI=1S/C20H19ClN4OS/c1-13-7-3-5-9-16(13)25-14(2)22-23-20(25)27-18-11-12-24(19(18)26)17-10-6-4-8-15(17)21/h3-10,18H,11-12H2,1-2H3. The highest BCUT2D eigenvalue weighted by molar-refractivity contribution is 8.00. The highest BCUT2D eigenvalue weighted by atomic mass is 35.5. The summed E-state index contributed by atoms with van der Waals surface area (Å²) >= 11 is 7.75. The first-order chi connectivity index (χ1) is 13.1. The molecule has 1 atom stereocenters. The highest BCUT2D eigenvalue weighted by Gasteiger charge is 2.35. The Balaban J connectivity index is 1.61. The van der Waals surface area contributed by atoms with Gasteiger partial charge in [0, 0.05) is 6.54 Å². The molecule has 2 heterocycles. The summed E-state index contributed by atoms with van der Waals surface area (Å²) in [4.78, 5) is 14.7. The van der Waals surface area contributed by atoms with E-state index >= 15 is 0 Å². The molecule has 0 saturated carbocycles. The topological polar surface area (TPSA) is 51.0 Å². The van der Waals surface area contributed by atoms with Crippen molar-refractivity contribution in [2.45, 2.75) is 30.7 Å². The van der Waals surface area contributed by atoms with Gasteiger partial charge in [-0.3, -0.25) is 9.36 Å². The quantitative estimate of drug-likeness (QED) is 0.652. The first-order valence-electron chi connectivity index (χ1n) is 8.77. The normalized spacial score (nSPS) is 16.9. The Morgan fingerprint density at radius 2 is 1.74 bits per heavy atom. The largest absolute Gasteiger partial charge is 0.310 e. The molecule has 1 fully saturated rings. The Hall–Kier alpha value is -2.31. The molecule has 1 aromatic heterocycles. The molecule has 0 N–H and O–H groups in total. The first kappa shape index (κ1) is 18.1. The Morgan fingerprint density at radius 3 is 2.48 bits per heavy atom. The fraction of sp³-hybridized carbons (Fsp3) is 0.250. The lowest BCUT2D eigenvalue weighted by molar-refractivity contribution is -0.116. The number of benzene rings is 2. The summed E-state index contributed by atoms with van der Waals surface area (Å²) in [6.07, 6.45) is 0.744. The van der Waals surface area contributed by atoms with Crippen LogP contribution >= 0.6 is 23.4 Å². The zero-order chi connectivity index (χ0) is 19.0. The smallest absolute Gasteiger partial charge is 0.240 e. The molecular weight excluding hydrogens is 380 g/mol. The predicted molar refractivity (Wildman–Crippen MR) is 109 cm³/mol. The maximum Gasteiger partial charge on any atom is 0.240 e. The van der Waals surface area contributed by atoms with E-state index in [0.29, 0.717) is 11.6 Å². The molecule has 1 aliphatic heterocycles. The second-order valence-electron chi connectivity index (χ2n) is 6.49. The fourth-order valence-corrected chi connectivity index (χ4v) is 4.68. The Kier molecular flexibility index (Phi) is 4.93. The van der Waals surface area contributed by atoms with Gasteiger partial charge >= 0.3 is 0 Å². The van der Waals surface area contributed by atoms with Crippen LogP contribution in [0, 0.1) is 13.8 Å². The number of rotatable bonds is 4. The third-order valence-electron chi connectivity index (χ3n) is 4.70. The van der Waals surface area contributed by atoms with Gasteiger partial charge in [-0.1, -0.05) is 53.7 Å². The first-order valence-corrected chi connectivity index (χ1v) is 10.0. The lowest BCUT2D eigenvalue weighted by atomic mass is 10.2. The summed E-state index contributed by atoms with van der Waals surface area (Å²) in [5.74, 6) is 0.866. The van der Waals surface area contributed by atoms with Gasteiger partial charge in [0.15, 0.2) is 5.16 Å². The lowest BCUT2D eigenvalue weighted by Crippen LogP contribution is -2.28. The molecule has 7 heteroatoms. The monoisotopic (exact) mass is 398 g/mol. The van der Waals surface area contributed by atoms with Crippen LogP contribution in [0.15, 0.2) is 53.7 Å². The van der Waals surface area contributed by atoms with Crippen molar-refractivity contribution in [3.63, 3.8) is 0 Å². The van der Waals surface area contributed by atoms with Crippen molar-refractivity contribution in [1.82, 2.24) is 14.8 Å². The number of aromatic nitrogens is 3. The summed E-state index contributed by atoms with van der Waals surface area (Å²) in [5, 5.41) is 9.69. The van der Waals surface area contributed by atoms with Crippen LogP contribution < -0.4 is 4.90 Å². The Labute approximate surface area is 167 Å². The van der Waals surface area contributed by atoms with E-state index in [4.69, 9.17) is 11.6 Å². The van der Waals surface area contributed by atoms with Crippen LogP contribution in [0.1, 0.15) is 17.8 Å². The number of anilines is 1. The van der Waals surface area contributed by atoms with Crippen LogP contribution in [0.4, 0.5) is 5.69 Å². The summed E-state index contributed by atoms with van der Waals surface area (Å²) < 4.78 is 2.02. The zero-order valence-corrected chi connectivity index (χ0v) is 16.7. The number of thioether (sulfide) groups is 1. The molecule has 1 amide bonds. The van der Waals surface area contributed by atoms with Crippen molar-refractivity contribution in [2.75, 3.05) is 11.4 Å². The number of halogens is 1. The summed E-state index contributed by atoms with van der Waals surface area (Å²) in [7, 11) is 0. The van der Waals surface area contributed by atoms with Crippen LogP contribution in [0.5, 0.6) is 0 Å². The van der Waals surface area contributed by atoms with E-state index in [-0.39, 0.29) is 11.2 Å². The van der Waals surface area contributed by atoms with Gasteiger partial charge < -0.3 is 4.90 Å². The van der Waals surface area contributed by atoms with Crippen LogP contribution in [0.25, 0.3) is 5.69 Å². The van der Waals surface area contributed by atoms with Crippen molar-refractivity contribution in [1.29, 1.82) is 0 Å². The van der Waals surface area contributed by atoms with Crippen molar-refractivity contribution in [2.24, 2.45) is 0 Å².